The van der Waals surface area contributed by atoms with E-state index in [0.29, 0.717) is 13.2 Å². The number of nitrogens with zero attached hydrogens (tertiary/aromatic N) is 1. The van der Waals surface area contributed by atoms with E-state index < -0.39 is 5.97 Å². The van der Waals surface area contributed by atoms with Crippen LogP contribution in [0.15, 0.2) is 25.3 Å². The maximum atomic E-state index is 10.5. The molecular weight excluding hydrogens is 262 g/mol. The Morgan fingerprint density at radius 1 is 1.30 bits per heavy atom. The molecular formula is C14H23NO5. The van der Waals surface area contributed by atoms with Gasteiger partial charge in [0.1, 0.15) is 6.61 Å². The van der Waals surface area contributed by atoms with Gasteiger partial charge in [-0.05, 0) is 20.5 Å². The van der Waals surface area contributed by atoms with Crippen molar-refractivity contribution in [1.29, 1.82) is 0 Å². The summed E-state index contributed by atoms with van der Waals surface area (Å²) < 4.78 is 14.5. The zero-order valence-electron chi connectivity index (χ0n) is 12.2. The molecule has 0 aromatic carbocycles. The maximum absolute atomic E-state index is 10.5. The molecule has 0 amide bonds. The van der Waals surface area contributed by atoms with Crippen molar-refractivity contribution in [2.24, 2.45) is 0 Å². The summed E-state index contributed by atoms with van der Waals surface area (Å²) in [6, 6.07) is 0. The van der Waals surface area contributed by atoms with E-state index in [9.17, 15) is 9.59 Å². The first-order chi connectivity index (χ1) is 9.49. The molecule has 114 valence electrons. The molecule has 6 heteroatoms. The minimum absolute atomic E-state index is 0.328. The Morgan fingerprint density at radius 2 is 1.95 bits per heavy atom. The van der Waals surface area contributed by atoms with Crippen LogP contribution in [0.4, 0.5) is 0 Å². The molecule has 0 saturated carbocycles. The number of carbonyl (C=O) groups is 2. The van der Waals surface area contributed by atoms with Crippen LogP contribution in [0.5, 0.6) is 0 Å². The Bertz CT molecular complexity index is 322. The number of hydrogen-bond acceptors (Lipinski definition) is 6. The fraction of sp³-hybridized carbons (Fsp3) is 0.571. The molecule has 0 bridgehead atoms. The quantitative estimate of drug-likeness (QED) is 0.538. The van der Waals surface area contributed by atoms with Crippen molar-refractivity contribution in [1.82, 2.24) is 4.90 Å². The van der Waals surface area contributed by atoms with E-state index in [1.165, 1.54) is 0 Å². The summed E-state index contributed by atoms with van der Waals surface area (Å²) in [5.74, 6) is -0.770. The Kier molecular flexibility index (Phi) is 10.3. The average Bonchev–Trinajstić information content (AvgIpc) is 2.91. The molecule has 0 aromatic heterocycles. The Balaban J connectivity index is 0.000000361. The van der Waals surface area contributed by atoms with Gasteiger partial charge >= 0.3 is 11.9 Å². The van der Waals surface area contributed by atoms with Gasteiger partial charge in [-0.1, -0.05) is 13.2 Å². The number of ether oxygens (including phenoxy) is 3. The Morgan fingerprint density at radius 3 is 2.40 bits per heavy atom. The van der Waals surface area contributed by atoms with Crippen molar-refractivity contribution in [2.45, 2.75) is 19.1 Å². The molecule has 1 rings (SSSR count). The third-order valence-corrected chi connectivity index (χ3v) is 2.25. The molecule has 1 unspecified atom stereocenters. The smallest absolute Gasteiger partial charge is 0.332 e. The summed E-state index contributed by atoms with van der Waals surface area (Å²) in [7, 11) is 3.84. The minimum Gasteiger partial charge on any atom is -0.461 e. The van der Waals surface area contributed by atoms with Gasteiger partial charge in [0.25, 0.3) is 0 Å². The van der Waals surface area contributed by atoms with Gasteiger partial charge in [-0.3, -0.25) is 0 Å². The van der Waals surface area contributed by atoms with Gasteiger partial charge in [0, 0.05) is 25.1 Å². The van der Waals surface area contributed by atoms with Crippen molar-refractivity contribution in [3.63, 3.8) is 0 Å². The summed E-state index contributed by atoms with van der Waals surface area (Å²) >= 11 is 0. The maximum Gasteiger partial charge on any atom is 0.332 e. The Hall–Kier alpha value is -1.66. The van der Waals surface area contributed by atoms with E-state index in [2.05, 4.69) is 13.2 Å². The molecule has 0 radical (unpaired) electrons. The van der Waals surface area contributed by atoms with Crippen molar-refractivity contribution in [3.05, 3.63) is 25.3 Å². The van der Waals surface area contributed by atoms with E-state index in [1.54, 1.807) is 0 Å². The van der Waals surface area contributed by atoms with Crippen molar-refractivity contribution in [3.8, 4) is 0 Å². The molecule has 6 nitrogen and oxygen atoms in total. The van der Waals surface area contributed by atoms with Crippen LogP contribution in [0, 0.1) is 0 Å². The number of esters is 2. The summed E-state index contributed by atoms with van der Waals surface area (Å²) in [4.78, 5) is 22.9. The molecule has 0 aromatic rings. The summed E-state index contributed by atoms with van der Waals surface area (Å²) in [5.41, 5.74) is 0. The van der Waals surface area contributed by atoms with E-state index in [-0.39, 0.29) is 12.3 Å². The molecule has 1 atom stereocenters. The lowest BCUT2D eigenvalue weighted by Gasteiger charge is -2.07. The zero-order chi connectivity index (χ0) is 15.4. The first kappa shape index (κ1) is 18.3. The first-order valence-corrected chi connectivity index (χ1v) is 6.38. The Labute approximate surface area is 120 Å². The fourth-order valence-corrected chi connectivity index (χ4v) is 1.21. The van der Waals surface area contributed by atoms with Gasteiger partial charge in [0.05, 0.1) is 6.61 Å². The monoisotopic (exact) mass is 285 g/mol. The molecule has 0 spiro atoms. The predicted octanol–water partition coefficient (Wildman–Crippen LogP) is 1.13. The van der Waals surface area contributed by atoms with Gasteiger partial charge < -0.3 is 19.1 Å². The zero-order valence-corrected chi connectivity index (χ0v) is 12.2. The summed E-state index contributed by atoms with van der Waals surface area (Å²) in [6.07, 6.45) is 3.75. The van der Waals surface area contributed by atoms with E-state index in [0.717, 1.165) is 31.5 Å². The SMILES string of the molecule is C=CC(=O)OC1CCCO1.C=CC(=O)OCCN(C)C. The van der Waals surface area contributed by atoms with Crippen LogP contribution in [0.1, 0.15) is 12.8 Å². The van der Waals surface area contributed by atoms with Crippen LogP contribution >= 0.6 is 0 Å². The lowest BCUT2D eigenvalue weighted by molar-refractivity contribution is -0.163. The number of carbonyl (C=O) groups excluding carboxylic acids is 2. The lowest BCUT2D eigenvalue weighted by Crippen LogP contribution is -2.19. The van der Waals surface area contributed by atoms with Crippen LogP contribution < -0.4 is 0 Å². The van der Waals surface area contributed by atoms with Crippen LogP contribution in [0.2, 0.25) is 0 Å². The van der Waals surface area contributed by atoms with E-state index in [4.69, 9.17) is 14.2 Å². The molecule has 1 aliphatic heterocycles. The van der Waals surface area contributed by atoms with Gasteiger partial charge in [-0.15, -0.1) is 0 Å². The molecule has 20 heavy (non-hydrogen) atoms. The highest BCUT2D eigenvalue weighted by atomic mass is 16.7. The van der Waals surface area contributed by atoms with Gasteiger partial charge in [-0.25, -0.2) is 9.59 Å². The highest BCUT2D eigenvalue weighted by Crippen LogP contribution is 2.12. The number of hydrogen-bond donors (Lipinski definition) is 0. The normalized spacial score (nSPS) is 16.9. The van der Waals surface area contributed by atoms with Crippen molar-refractivity contribution >= 4 is 11.9 Å². The number of rotatable bonds is 6. The van der Waals surface area contributed by atoms with Crippen molar-refractivity contribution in [2.75, 3.05) is 33.9 Å². The topological polar surface area (TPSA) is 65.1 Å². The second-order valence-corrected chi connectivity index (χ2v) is 4.26. The van der Waals surface area contributed by atoms with Crippen LogP contribution in [0.3, 0.4) is 0 Å². The van der Waals surface area contributed by atoms with Crippen LogP contribution in [0.25, 0.3) is 0 Å². The third kappa shape index (κ3) is 10.3. The second kappa shape index (κ2) is 11.2. The molecule has 1 fully saturated rings. The van der Waals surface area contributed by atoms with Gasteiger partial charge in [-0.2, -0.15) is 0 Å². The van der Waals surface area contributed by atoms with E-state index >= 15 is 0 Å². The average molecular weight is 285 g/mol. The standard InChI is InChI=1S/C7H13NO2.C7H10O3/c1-4-7(9)10-6-5-8(2)3;1-2-6(8)10-7-4-3-5-9-7/h4H,1,5-6H2,2-3H3;2,7H,1,3-5H2. The van der Waals surface area contributed by atoms with E-state index in [1.807, 2.05) is 19.0 Å². The van der Waals surface area contributed by atoms with Gasteiger partial charge in [0.2, 0.25) is 6.29 Å². The predicted molar refractivity (Wildman–Crippen MR) is 75.0 cm³/mol. The first-order valence-electron chi connectivity index (χ1n) is 6.38. The summed E-state index contributed by atoms with van der Waals surface area (Å²) in [6.45, 7) is 8.41. The largest absolute Gasteiger partial charge is 0.461 e. The molecule has 1 aliphatic rings. The molecule has 0 N–H and O–H groups in total. The molecule has 1 saturated heterocycles. The minimum atomic E-state index is -0.410. The highest BCUT2D eigenvalue weighted by Gasteiger charge is 2.17. The summed E-state index contributed by atoms with van der Waals surface area (Å²) in [5, 5.41) is 0. The highest BCUT2D eigenvalue weighted by molar-refractivity contribution is 5.81. The van der Waals surface area contributed by atoms with Crippen LogP contribution in [-0.2, 0) is 23.8 Å². The molecule has 1 heterocycles. The lowest BCUT2D eigenvalue weighted by atomic mass is 10.4. The third-order valence-electron chi connectivity index (χ3n) is 2.25. The van der Waals surface area contributed by atoms with Crippen LogP contribution in [-0.4, -0.2) is 57.0 Å². The van der Waals surface area contributed by atoms with Gasteiger partial charge in [0.15, 0.2) is 0 Å². The second-order valence-electron chi connectivity index (χ2n) is 4.26. The van der Waals surface area contributed by atoms with Crippen molar-refractivity contribution < 1.29 is 23.8 Å². The number of likely N-dealkylation sites (N-methyl/N-ethyl adjacent to an activating group) is 1. The fourth-order valence-electron chi connectivity index (χ4n) is 1.21. The molecule has 0 aliphatic carbocycles.